The normalized spacial score (nSPS) is 12.9. The predicted octanol–water partition coefficient (Wildman–Crippen LogP) is 7.89. The fourth-order valence-corrected chi connectivity index (χ4v) is 6.47. The van der Waals surface area contributed by atoms with E-state index in [2.05, 4.69) is 0 Å². The number of aliphatic hydroxyl groups is 1. The average molecular weight is 664 g/mol. The first-order chi connectivity index (χ1) is 21.3. The third kappa shape index (κ3) is 8.85. The molecular weight excluding hydrogens is 630 g/mol. The van der Waals surface area contributed by atoms with E-state index in [9.17, 15) is 31.1 Å². The van der Waals surface area contributed by atoms with Crippen molar-refractivity contribution >= 4 is 21.4 Å². The molecule has 240 valence electrons. The molecule has 0 saturated heterocycles. The van der Waals surface area contributed by atoms with Gasteiger partial charge in [-0.1, -0.05) is 84.4 Å². The van der Waals surface area contributed by atoms with Gasteiger partial charge in [-0.15, -0.1) is 0 Å². The Bertz CT molecular complexity index is 1650. The van der Waals surface area contributed by atoms with E-state index in [0.29, 0.717) is 18.5 Å². The van der Waals surface area contributed by atoms with E-state index >= 15 is 0 Å². The van der Waals surface area contributed by atoms with Gasteiger partial charge < -0.3 is 9.84 Å². The van der Waals surface area contributed by atoms with E-state index in [4.69, 9.17) is 16.3 Å². The zero-order valence-corrected chi connectivity index (χ0v) is 26.3. The number of aliphatic hydroxyl groups excluding tert-OH is 1. The number of benzene rings is 4. The van der Waals surface area contributed by atoms with Gasteiger partial charge in [0.25, 0.3) is 0 Å². The Morgan fingerprint density at radius 2 is 1.53 bits per heavy atom. The molecule has 0 fully saturated rings. The van der Waals surface area contributed by atoms with E-state index in [1.807, 2.05) is 72.5 Å². The number of ether oxygens (including phenoxy) is 1. The highest BCUT2D eigenvalue weighted by atomic mass is 35.5. The Morgan fingerprint density at radius 1 is 0.933 bits per heavy atom. The van der Waals surface area contributed by atoms with E-state index in [-0.39, 0.29) is 46.3 Å². The lowest BCUT2D eigenvalue weighted by molar-refractivity contribution is -0.137. The summed E-state index contributed by atoms with van der Waals surface area (Å²) in [5.41, 5.74) is 1.13. The molecule has 0 aliphatic rings. The van der Waals surface area contributed by atoms with Crippen molar-refractivity contribution in [2.24, 2.45) is 0 Å². The van der Waals surface area contributed by atoms with Crippen LogP contribution in [0.15, 0.2) is 95.9 Å². The first kappa shape index (κ1) is 34.4. The fraction of sp³-hybridized carbons (Fsp3) is 0.294. The number of alkyl halides is 3. The van der Waals surface area contributed by atoms with Crippen molar-refractivity contribution in [3.63, 3.8) is 0 Å². The summed E-state index contributed by atoms with van der Waals surface area (Å²) in [5.74, 6) is -1.05. The molecule has 4 aromatic carbocycles. The Balaban J connectivity index is 1.63. The van der Waals surface area contributed by atoms with Gasteiger partial charge in [0.15, 0.2) is 9.84 Å². The van der Waals surface area contributed by atoms with Crippen molar-refractivity contribution in [3.8, 4) is 5.75 Å². The van der Waals surface area contributed by atoms with Gasteiger partial charge in [0.1, 0.15) is 11.6 Å². The summed E-state index contributed by atoms with van der Waals surface area (Å²) in [6.45, 7) is 1.71. The van der Waals surface area contributed by atoms with E-state index in [1.54, 1.807) is 6.07 Å². The Kier molecular flexibility index (Phi) is 11.3. The van der Waals surface area contributed by atoms with Crippen molar-refractivity contribution in [1.29, 1.82) is 0 Å². The zero-order valence-electron chi connectivity index (χ0n) is 24.8. The molecule has 1 unspecified atom stereocenters. The van der Waals surface area contributed by atoms with Gasteiger partial charge in [0.05, 0.1) is 28.7 Å². The maximum Gasteiger partial charge on any atom is 0.417 e. The van der Waals surface area contributed by atoms with Gasteiger partial charge in [-0.05, 0) is 42.2 Å². The van der Waals surface area contributed by atoms with Crippen molar-refractivity contribution in [3.05, 3.63) is 130 Å². The molecule has 0 bridgehead atoms. The second-order valence-electron chi connectivity index (χ2n) is 10.9. The van der Waals surface area contributed by atoms with Crippen LogP contribution in [-0.2, 0) is 29.2 Å². The van der Waals surface area contributed by atoms with Crippen LogP contribution in [0.25, 0.3) is 0 Å². The zero-order chi connectivity index (χ0) is 32.8. The lowest BCUT2D eigenvalue weighted by atomic mass is 9.90. The summed E-state index contributed by atoms with van der Waals surface area (Å²) in [4.78, 5) is 1.68. The van der Waals surface area contributed by atoms with Gasteiger partial charge in [-0.25, -0.2) is 12.8 Å². The second-order valence-corrected chi connectivity index (χ2v) is 13.2. The minimum absolute atomic E-state index is 0.0174. The Labute approximate surface area is 266 Å². The van der Waals surface area contributed by atoms with Gasteiger partial charge in [0, 0.05) is 42.9 Å². The molecule has 0 heterocycles. The van der Waals surface area contributed by atoms with Crippen LogP contribution in [0, 0.1) is 5.82 Å². The topological polar surface area (TPSA) is 66.8 Å². The van der Waals surface area contributed by atoms with Crippen molar-refractivity contribution in [1.82, 2.24) is 4.90 Å². The quantitative estimate of drug-likeness (QED) is 0.147. The predicted molar refractivity (Wildman–Crippen MR) is 167 cm³/mol. The summed E-state index contributed by atoms with van der Waals surface area (Å²) >= 11 is 6.31. The lowest BCUT2D eigenvalue weighted by Crippen LogP contribution is -2.37. The van der Waals surface area contributed by atoms with Crippen LogP contribution in [0.5, 0.6) is 5.75 Å². The summed E-state index contributed by atoms with van der Waals surface area (Å²) in [7, 11) is -3.85. The molecule has 11 heteroatoms. The van der Waals surface area contributed by atoms with Crippen LogP contribution >= 0.6 is 11.6 Å². The van der Waals surface area contributed by atoms with Crippen molar-refractivity contribution in [2.75, 3.05) is 19.4 Å². The van der Waals surface area contributed by atoms with Gasteiger partial charge >= 0.3 is 6.18 Å². The van der Waals surface area contributed by atoms with Crippen LogP contribution in [0.3, 0.4) is 0 Å². The number of rotatable bonds is 13. The number of hydrogen-bond acceptors (Lipinski definition) is 5. The Hall–Kier alpha value is -3.44. The molecule has 45 heavy (non-hydrogen) atoms. The number of hydrogen-bond donors (Lipinski definition) is 1. The average Bonchev–Trinajstić information content (AvgIpc) is 2.99. The van der Waals surface area contributed by atoms with E-state index in [0.717, 1.165) is 29.5 Å². The Morgan fingerprint density at radius 3 is 2.07 bits per heavy atom. The molecule has 0 spiro atoms. The number of sulfone groups is 1. The van der Waals surface area contributed by atoms with Crippen molar-refractivity contribution < 1.29 is 35.8 Å². The molecule has 1 atom stereocenters. The molecule has 4 aromatic rings. The second kappa shape index (κ2) is 14.8. The molecule has 1 N–H and O–H groups in total. The standard InChI is InChI=1S/C34H34ClF4NO4S/c1-23(16-17-44-27-18-31(36)29(22-41)32(19-27)45(2,42)43)40(20-26-14-9-15-30(33(26)35)34(37,38)39)21-28(24-10-5-3-6-11-24)25-12-7-4-8-13-25/h3-15,18-19,23,28,41H,16-17,20-22H2,1-2H3. The summed E-state index contributed by atoms with van der Waals surface area (Å²) in [6.07, 6.45) is -3.33. The molecule has 4 rings (SSSR count). The van der Waals surface area contributed by atoms with E-state index in [1.165, 1.54) is 12.1 Å². The molecule has 0 aliphatic carbocycles. The molecule has 0 aromatic heterocycles. The van der Waals surface area contributed by atoms with Crippen LogP contribution in [-0.4, -0.2) is 43.9 Å². The molecule has 0 amide bonds. The minimum atomic E-state index is -4.61. The third-order valence-corrected chi connectivity index (χ3v) is 9.30. The highest BCUT2D eigenvalue weighted by Gasteiger charge is 2.34. The van der Waals surface area contributed by atoms with Gasteiger partial charge in [-0.3, -0.25) is 4.90 Å². The SMILES string of the molecule is CC(CCOc1cc(F)c(CO)c(S(C)(=O)=O)c1)N(Cc1cccc(C(F)(F)F)c1Cl)CC(c1ccccc1)c1ccccc1. The van der Waals surface area contributed by atoms with Crippen LogP contribution in [0.4, 0.5) is 17.6 Å². The maximum absolute atomic E-state index is 14.6. The highest BCUT2D eigenvalue weighted by Crippen LogP contribution is 2.37. The summed E-state index contributed by atoms with van der Waals surface area (Å²) in [5, 5.41) is 9.12. The maximum atomic E-state index is 14.6. The van der Waals surface area contributed by atoms with Gasteiger partial charge in [-0.2, -0.15) is 13.2 Å². The summed E-state index contributed by atoms with van der Waals surface area (Å²) in [6, 6.07) is 25.4. The van der Waals surface area contributed by atoms with Crippen molar-refractivity contribution in [2.45, 2.75) is 49.5 Å². The fourth-order valence-electron chi connectivity index (χ4n) is 5.23. The van der Waals surface area contributed by atoms with Crippen LogP contribution in [0.2, 0.25) is 5.02 Å². The summed E-state index contributed by atoms with van der Waals surface area (Å²) < 4.78 is 85.8. The smallest absolute Gasteiger partial charge is 0.417 e. The largest absolute Gasteiger partial charge is 0.493 e. The highest BCUT2D eigenvalue weighted by molar-refractivity contribution is 7.90. The molecule has 5 nitrogen and oxygen atoms in total. The third-order valence-electron chi connectivity index (χ3n) is 7.69. The number of halogens is 5. The monoisotopic (exact) mass is 663 g/mol. The van der Waals surface area contributed by atoms with E-state index < -0.39 is 34.0 Å². The first-order valence-electron chi connectivity index (χ1n) is 14.2. The molecular formula is C34H34ClF4NO4S. The van der Waals surface area contributed by atoms with Crippen LogP contribution < -0.4 is 4.74 Å². The first-order valence-corrected chi connectivity index (χ1v) is 16.5. The molecule has 0 aliphatic heterocycles. The molecule has 0 saturated carbocycles. The van der Waals surface area contributed by atoms with Crippen LogP contribution in [0.1, 0.15) is 47.1 Å². The lowest BCUT2D eigenvalue weighted by Gasteiger charge is -2.34. The minimum Gasteiger partial charge on any atom is -0.493 e. The molecule has 0 radical (unpaired) electrons. The van der Waals surface area contributed by atoms with Gasteiger partial charge in [0.2, 0.25) is 0 Å². The number of nitrogens with zero attached hydrogens (tertiary/aromatic N) is 1.